The quantitative estimate of drug-likeness (QED) is 0.851. The summed E-state index contributed by atoms with van der Waals surface area (Å²) in [7, 11) is 0. The summed E-state index contributed by atoms with van der Waals surface area (Å²) < 4.78 is 0. The normalized spacial score (nSPS) is 27.9. The van der Waals surface area contributed by atoms with E-state index in [0.29, 0.717) is 18.1 Å². The third-order valence-corrected chi connectivity index (χ3v) is 4.13. The maximum absolute atomic E-state index is 5.90. The van der Waals surface area contributed by atoms with Crippen LogP contribution < -0.4 is 11.1 Å². The van der Waals surface area contributed by atoms with E-state index in [2.05, 4.69) is 29.5 Å². The molecule has 16 heavy (non-hydrogen) atoms. The topological polar surface area (TPSA) is 50.9 Å². The fourth-order valence-corrected chi connectivity index (χ4v) is 3.01. The van der Waals surface area contributed by atoms with Crippen molar-refractivity contribution in [2.75, 3.05) is 0 Å². The van der Waals surface area contributed by atoms with Gasteiger partial charge in [-0.25, -0.2) is 4.98 Å². The van der Waals surface area contributed by atoms with Gasteiger partial charge in [0.1, 0.15) is 0 Å². The minimum Gasteiger partial charge on any atom is -0.328 e. The van der Waals surface area contributed by atoms with Crippen LogP contribution in [-0.4, -0.2) is 17.1 Å². The van der Waals surface area contributed by atoms with Crippen molar-refractivity contribution in [1.29, 1.82) is 0 Å². The largest absolute Gasteiger partial charge is 0.328 e. The first-order valence-electron chi connectivity index (χ1n) is 6.09. The van der Waals surface area contributed by atoms with Crippen LogP contribution in [0.5, 0.6) is 0 Å². The number of thiazole rings is 1. The van der Waals surface area contributed by atoms with E-state index in [1.807, 2.05) is 0 Å². The van der Waals surface area contributed by atoms with Crippen molar-refractivity contribution in [2.45, 2.75) is 57.7 Å². The standard InChI is InChI=1S/C12H21N3S/c1-8(12-7-16-9(2)15-12)14-11-5-3-10(13)4-6-11/h7-8,10-11,14H,3-6,13H2,1-2H3. The smallest absolute Gasteiger partial charge is 0.0898 e. The molecule has 3 N–H and O–H groups in total. The van der Waals surface area contributed by atoms with Crippen LogP contribution in [-0.2, 0) is 0 Å². The molecule has 1 atom stereocenters. The van der Waals surface area contributed by atoms with Crippen LogP contribution in [0.1, 0.15) is 49.4 Å². The second-order valence-corrected chi connectivity index (χ2v) is 5.85. The summed E-state index contributed by atoms with van der Waals surface area (Å²) in [5, 5.41) is 6.96. The predicted octanol–water partition coefficient (Wildman–Crippen LogP) is 2.37. The molecule has 1 saturated carbocycles. The molecule has 1 aliphatic rings. The molecular formula is C12H21N3S. The third-order valence-electron chi connectivity index (χ3n) is 3.34. The van der Waals surface area contributed by atoms with Gasteiger partial charge in [0.25, 0.3) is 0 Å². The van der Waals surface area contributed by atoms with Crippen molar-refractivity contribution in [2.24, 2.45) is 5.73 Å². The minimum absolute atomic E-state index is 0.365. The van der Waals surface area contributed by atoms with Crippen molar-refractivity contribution in [3.8, 4) is 0 Å². The molecule has 0 amide bonds. The summed E-state index contributed by atoms with van der Waals surface area (Å²) in [5.74, 6) is 0. The highest BCUT2D eigenvalue weighted by molar-refractivity contribution is 7.09. The fraction of sp³-hybridized carbons (Fsp3) is 0.750. The molecule has 0 bridgehead atoms. The van der Waals surface area contributed by atoms with Gasteiger partial charge in [-0.3, -0.25) is 0 Å². The maximum Gasteiger partial charge on any atom is 0.0898 e. The van der Waals surface area contributed by atoms with Crippen LogP contribution in [0.2, 0.25) is 0 Å². The molecule has 2 rings (SSSR count). The van der Waals surface area contributed by atoms with Crippen molar-refractivity contribution >= 4 is 11.3 Å². The Morgan fingerprint density at radius 2 is 2.12 bits per heavy atom. The summed E-state index contributed by atoms with van der Waals surface area (Å²) in [6.45, 7) is 4.25. The molecule has 1 unspecified atom stereocenters. The predicted molar refractivity (Wildman–Crippen MR) is 68.6 cm³/mol. The highest BCUT2D eigenvalue weighted by Crippen LogP contribution is 2.21. The van der Waals surface area contributed by atoms with Crippen molar-refractivity contribution in [3.63, 3.8) is 0 Å². The Bertz CT molecular complexity index is 329. The SMILES string of the molecule is Cc1nc(C(C)NC2CCC(N)CC2)cs1. The highest BCUT2D eigenvalue weighted by Gasteiger charge is 2.20. The van der Waals surface area contributed by atoms with E-state index < -0.39 is 0 Å². The zero-order valence-electron chi connectivity index (χ0n) is 10.1. The van der Waals surface area contributed by atoms with Crippen LogP contribution in [0.4, 0.5) is 0 Å². The Balaban J connectivity index is 1.85. The molecular weight excluding hydrogens is 218 g/mol. The van der Waals surface area contributed by atoms with E-state index in [-0.39, 0.29) is 0 Å². The Labute approximate surface area is 101 Å². The van der Waals surface area contributed by atoms with Gasteiger partial charge in [0.05, 0.1) is 10.7 Å². The second-order valence-electron chi connectivity index (χ2n) is 4.79. The lowest BCUT2D eigenvalue weighted by atomic mass is 9.91. The van der Waals surface area contributed by atoms with Gasteiger partial charge in [-0.2, -0.15) is 0 Å². The Kier molecular flexibility index (Phi) is 3.95. The number of rotatable bonds is 3. The highest BCUT2D eigenvalue weighted by atomic mass is 32.1. The molecule has 0 radical (unpaired) electrons. The number of aromatic nitrogens is 1. The van der Waals surface area contributed by atoms with Gasteiger partial charge in [-0.05, 0) is 39.5 Å². The van der Waals surface area contributed by atoms with Crippen molar-refractivity contribution in [3.05, 3.63) is 16.1 Å². The number of hydrogen-bond donors (Lipinski definition) is 2. The molecule has 1 aromatic rings. The molecule has 4 heteroatoms. The summed E-state index contributed by atoms with van der Waals surface area (Å²) in [4.78, 5) is 4.52. The van der Waals surface area contributed by atoms with E-state index in [1.165, 1.54) is 18.5 Å². The lowest BCUT2D eigenvalue weighted by Gasteiger charge is -2.29. The summed E-state index contributed by atoms with van der Waals surface area (Å²) in [5.41, 5.74) is 7.08. The van der Waals surface area contributed by atoms with Crippen LogP contribution in [0.3, 0.4) is 0 Å². The van der Waals surface area contributed by atoms with Crippen molar-refractivity contribution < 1.29 is 0 Å². The molecule has 90 valence electrons. The molecule has 0 spiro atoms. The monoisotopic (exact) mass is 239 g/mol. The van der Waals surface area contributed by atoms with E-state index in [0.717, 1.165) is 17.8 Å². The number of hydrogen-bond acceptors (Lipinski definition) is 4. The van der Waals surface area contributed by atoms with Gasteiger partial charge in [-0.1, -0.05) is 0 Å². The minimum atomic E-state index is 0.365. The number of nitrogens with zero attached hydrogens (tertiary/aromatic N) is 1. The maximum atomic E-state index is 5.90. The number of nitrogens with one attached hydrogen (secondary N) is 1. The Morgan fingerprint density at radius 3 is 2.69 bits per heavy atom. The molecule has 0 saturated heterocycles. The van der Waals surface area contributed by atoms with E-state index in [1.54, 1.807) is 11.3 Å². The Hall–Kier alpha value is -0.450. The third kappa shape index (κ3) is 3.03. The van der Waals surface area contributed by atoms with E-state index in [9.17, 15) is 0 Å². The Morgan fingerprint density at radius 1 is 1.44 bits per heavy atom. The van der Waals surface area contributed by atoms with E-state index in [4.69, 9.17) is 5.73 Å². The first-order chi connectivity index (χ1) is 7.65. The lowest BCUT2D eigenvalue weighted by molar-refractivity contribution is 0.320. The van der Waals surface area contributed by atoms with Crippen LogP contribution in [0.25, 0.3) is 0 Å². The summed E-state index contributed by atoms with van der Waals surface area (Å²) in [6, 6.07) is 1.41. The van der Waals surface area contributed by atoms with Crippen LogP contribution in [0.15, 0.2) is 5.38 Å². The summed E-state index contributed by atoms with van der Waals surface area (Å²) in [6.07, 6.45) is 4.71. The second kappa shape index (κ2) is 5.25. The number of nitrogens with two attached hydrogens (primary N) is 1. The first kappa shape index (κ1) is 12.0. The molecule has 1 aliphatic carbocycles. The first-order valence-corrected chi connectivity index (χ1v) is 6.97. The zero-order valence-corrected chi connectivity index (χ0v) is 10.9. The molecule has 1 aromatic heterocycles. The fourth-order valence-electron chi connectivity index (χ4n) is 2.30. The molecule has 3 nitrogen and oxygen atoms in total. The average Bonchev–Trinajstić information content (AvgIpc) is 2.68. The van der Waals surface area contributed by atoms with Gasteiger partial charge in [0, 0.05) is 23.5 Å². The zero-order chi connectivity index (χ0) is 11.5. The van der Waals surface area contributed by atoms with Gasteiger partial charge in [0.2, 0.25) is 0 Å². The average molecular weight is 239 g/mol. The van der Waals surface area contributed by atoms with Crippen LogP contribution in [0, 0.1) is 6.92 Å². The number of aryl methyl sites for hydroxylation is 1. The van der Waals surface area contributed by atoms with Gasteiger partial charge in [0.15, 0.2) is 0 Å². The summed E-state index contributed by atoms with van der Waals surface area (Å²) >= 11 is 1.72. The molecule has 0 aliphatic heterocycles. The van der Waals surface area contributed by atoms with E-state index >= 15 is 0 Å². The van der Waals surface area contributed by atoms with Crippen LogP contribution >= 0.6 is 11.3 Å². The molecule has 1 fully saturated rings. The van der Waals surface area contributed by atoms with Crippen molar-refractivity contribution in [1.82, 2.24) is 10.3 Å². The van der Waals surface area contributed by atoms with Gasteiger partial charge < -0.3 is 11.1 Å². The van der Waals surface area contributed by atoms with Gasteiger partial charge >= 0.3 is 0 Å². The lowest BCUT2D eigenvalue weighted by Crippen LogP contribution is -2.38. The van der Waals surface area contributed by atoms with Gasteiger partial charge in [-0.15, -0.1) is 11.3 Å². The molecule has 0 aromatic carbocycles. The molecule has 1 heterocycles.